The lowest BCUT2D eigenvalue weighted by Crippen LogP contribution is -2.35. The molecule has 1 unspecified atom stereocenters. The van der Waals surface area contributed by atoms with Gasteiger partial charge >= 0.3 is 12.4 Å². The molecule has 0 fully saturated rings. The van der Waals surface area contributed by atoms with Crippen LogP contribution in [0.15, 0.2) is 35.7 Å². The molecule has 0 spiro atoms. The number of hydrogen-bond acceptors (Lipinski definition) is 3. The number of rotatable bonds is 5. The van der Waals surface area contributed by atoms with Gasteiger partial charge in [0, 0.05) is 4.88 Å². The van der Waals surface area contributed by atoms with Crippen LogP contribution < -0.4 is 10.1 Å². The zero-order valence-corrected chi connectivity index (χ0v) is 14.1. The Balaban J connectivity index is 2.15. The van der Waals surface area contributed by atoms with E-state index >= 15 is 0 Å². The molecular formula is C16H13F6NO2S. The first kappa shape index (κ1) is 20.1. The highest BCUT2D eigenvalue weighted by Gasteiger charge is 2.37. The molecule has 0 saturated heterocycles. The lowest BCUT2D eigenvalue weighted by atomic mass is 10.1. The van der Waals surface area contributed by atoms with Crippen molar-refractivity contribution in [3.05, 3.63) is 51.7 Å². The second kappa shape index (κ2) is 7.56. The molecular weight excluding hydrogens is 384 g/mol. The quantitative estimate of drug-likeness (QED) is 0.731. The van der Waals surface area contributed by atoms with Gasteiger partial charge in [0.15, 0.2) is 6.10 Å². The van der Waals surface area contributed by atoms with Crippen LogP contribution in [0.4, 0.5) is 26.3 Å². The van der Waals surface area contributed by atoms with Crippen LogP contribution in [0.3, 0.4) is 0 Å². The van der Waals surface area contributed by atoms with E-state index < -0.39 is 41.2 Å². The minimum atomic E-state index is -4.98. The van der Waals surface area contributed by atoms with E-state index in [9.17, 15) is 31.1 Å². The smallest absolute Gasteiger partial charge is 0.416 e. The second-order valence-electron chi connectivity index (χ2n) is 5.30. The highest BCUT2D eigenvalue weighted by atomic mass is 32.1. The van der Waals surface area contributed by atoms with Gasteiger partial charge in [0.2, 0.25) is 0 Å². The van der Waals surface area contributed by atoms with Crippen molar-refractivity contribution in [3.8, 4) is 5.75 Å². The third kappa shape index (κ3) is 5.38. The van der Waals surface area contributed by atoms with Crippen LogP contribution in [0.1, 0.15) is 22.9 Å². The summed E-state index contributed by atoms with van der Waals surface area (Å²) in [5.41, 5.74) is -3.01. The average molecular weight is 397 g/mol. The molecule has 1 amide bonds. The van der Waals surface area contributed by atoms with E-state index in [4.69, 9.17) is 4.74 Å². The number of nitrogens with one attached hydrogen (secondary N) is 1. The van der Waals surface area contributed by atoms with Crippen molar-refractivity contribution in [2.45, 2.75) is 31.9 Å². The highest BCUT2D eigenvalue weighted by molar-refractivity contribution is 7.09. The molecule has 0 aliphatic rings. The molecule has 2 aromatic rings. The molecule has 2 rings (SSSR count). The van der Waals surface area contributed by atoms with Crippen molar-refractivity contribution >= 4 is 17.2 Å². The largest absolute Gasteiger partial charge is 0.481 e. The molecule has 1 atom stereocenters. The number of ether oxygens (including phenoxy) is 1. The number of alkyl halides is 6. The minimum absolute atomic E-state index is 0.00557. The molecule has 1 aromatic heterocycles. The van der Waals surface area contributed by atoms with Gasteiger partial charge in [-0.2, -0.15) is 26.3 Å². The van der Waals surface area contributed by atoms with E-state index in [1.54, 1.807) is 17.5 Å². The predicted molar refractivity (Wildman–Crippen MR) is 82.7 cm³/mol. The minimum Gasteiger partial charge on any atom is -0.481 e. The number of benzene rings is 1. The first-order valence-corrected chi connectivity index (χ1v) is 8.11. The Bertz CT molecular complexity index is 723. The maximum atomic E-state index is 12.8. The van der Waals surface area contributed by atoms with Crippen LogP contribution >= 0.6 is 11.3 Å². The summed E-state index contributed by atoms with van der Waals surface area (Å²) in [5, 5.41) is 4.29. The van der Waals surface area contributed by atoms with Gasteiger partial charge in [0.05, 0.1) is 17.7 Å². The summed E-state index contributed by atoms with van der Waals surface area (Å²) in [7, 11) is 0. The fourth-order valence-corrected chi connectivity index (χ4v) is 2.63. The van der Waals surface area contributed by atoms with Crippen molar-refractivity contribution in [3.63, 3.8) is 0 Å². The number of amides is 1. The van der Waals surface area contributed by atoms with Crippen LogP contribution in [-0.4, -0.2) is 12.0 Å². The van der Waals surface area contributed by atoms with Crippen LogP contribution in [0, 0.1) is 0 Å². The molecule has 0 saturated carbocycles. The van der Waals surface area contributed by atoms with Crippen molar-refractivity contribution in [2.24, 2.45) is 0 Å². The molecule has 1 aromatic carbocycles. The third-order valence-corrected chi connectivity index (χ3v) is 4.14. The highest BCUT2D eigenvalue weighted by Crippen LogP contribution is 2.38. The Labute approximate surface area is 148 Å². The topological polar surface area (TPSA) is 38.3 Å². The van der Waals surface area contributed by atoms with E-state index in [0.29, 0.717) is 12.1 Å². The summed E-state index contributed by atoms with van der Waals surface area (Å²) >= 11 is 1.38. The molecule has 1 heterocycles. The van der Waals surface area contributed by atoms with Gasteiger partial charge in [-0.3, -0.25) is 4.79 Å². The summed E-state index contributed by atoms with van der Waals surface area (Å²) in [6.45, 7) is 1.41. The Morgan fingerprint density at radius 3 is 2.15 bits per heavy atom. The molecule has 3 nitrogen and oxygen atoms in total. The third-order valence-electron chi connectivity index (χ3n) is 3.26. The Morgan fingerprint density at radius 1 is 1.12 bits per heavy atom. The molecule has 26 heavy (non-hydrogen) atoms. The molecule has 1 N–H and O–H groups in total. The van der Waals surface area contributed by atoms with Crippen LogP contribution in [0.2, 0.25) is 0 Å². The lowest BCUT2D eigenvalue weighted by Gasteiger charge is -2.18. The first-order valence-electron chi connectivity index (χ1n) is 7.23. The standard InChI is InChI=1S/C16H13F6NO2S/c1-9(14(24)23-8-13-3-2-4-26-13)25-12-6-10(15(17,18)19)5-11(7-12)16(20,21)22/h2-7,9H,8H2,1H3,(H,23,24). The summed E-state index contributed by atoms with van der Waals surface area (Å²) in [6.07, 6.45) is -11.2. The second-order valence-corrected chi connectivity index (χ2v) is 6.33. The maximum absolute atomic E-state index is 12.8. The molecule has 0 aliphatic heterocycles. The van der Waals surface area contributed by atoms with E-state index in [0.717, 1.165) is 4.88 Å². The number of thiophene rings is 1. The van der Waals surface area contributed by atoms with Crippen molar-refractivity contribution < 1.29 is 35.9 Å². The van der Waals surface area contributed by atoms with Crippen LogP contribution in [0.25, 0.3) is 0 Å². The van der Waals surface area contributed by atoms with E-state index in [2.05, 4.69) is 5.32 Å². The normalized spacial score (nSPS) is 13.3. The predicted octanol–water partition coefficient (Wildman–Crippen LogP) is 4.87. The van der Waals surface area contributed by atoms with Gasteiger partial charge in [-0.15, -0.1) is 11.3 Å². The fourth-order valence-electron chi connectivity index (χ4n) is 1.98. The zero-order valence-electron chi connectivity index (χ0n) is 13.2. The van der Waals surface area contributed by atoms with Crippen molar-refractivity contribution in [1.29, 1.82) is 0 Å². The molecule has 0 radical (unpaired) electrons. The first-order chi connectivity index (χ1) is 12.0. The number of carbonyl (C=O) groups is 1. The zero-order chi connectivity index (χ0) is 19.5. The summed E-state index contributed by atoms with van der Waals surface area (Å²) in [5.74, 6) is -1.35. The molecule has 10 heteroatoms. The van der Waals surface area contributed by atoms with Gasteiger partial charge < -0.3 is 10.1 Å². The van der Waals surface area contributed by atoms with Gasteiger partial charge in [0.25, 0.3) is 5.91 Å². The number of halogens is 6. The van der Waals surface area contributed by atoms with Gasteiger partial charge in [-0.25, -0.2) is 0 Å². The molecule has 0 bridgehead atoms. The maximum Gasteiger partial charge on any atom is 0.416 e. The van der Waals surface area contributed by atoms with Gasteiger partial charge in [-0.05, 0) is 36.6 Å². The Hall–Kier alpha value is -2.23. The van der Waals surface area contributed by atoms with Gasteiger partial charge in [0.1, 0.15) is 5.75 Å². The van der Waals surface area contributed by atoms with Crippen molar-refractivity contribution in [1.82, 2.24) is 5.32 Å². The summed E-state index contributed by atoms with van der Waals surface area (Å²) in [6, 6.07) is 4.39. The van der Waals surface area contributed by atoms with Crippen LogP contribution in [-0.2, 0) is 23.7 Å². The van der Waals surface area contributed by atoms with Gasteiger partial charge in [-0.1, -0.05) is 6.07 Å². The lowest BCUT2D eigenvalue weighted by molar-refractivity contribution is -0.143. The van der Waals surface area contributed by atoms with E-state index in [-0.39, 0.29) is 12.6 Å². The van der Waals surface area contributed by atoms with E-state index in [1.165, 1.54) is 18.3 Å². The summed E-state index contributed by atoms with van der Waals surface area (Å²) < 4.78 is 81.9. The SMILES string of the molecule is CC(Oc1cc(C(F)(F)F)cc(C(F)(F)F)c1)C(=O)NCc1cccs1. The monoisotopic (exact) mass is 397 g/mol. The molecule has 0 aliphatic carbocycles. The Morgan fingerprint density at radius 2 is 1.69 bits per heavy atom. The summed E-state index contributed by atoms with van der Waals surface area (Å²) in [4.78, 5) is 12.8. The average Bonchev–Trinajstić information content (AvgIpc) is 3.04. The fraction of sp³-hybridized carbons (Fsp3) is 0.312. The van der Waals surface area contributed by atoms with E-state index in [1.807, 2.05) is 0 Å². The molecule has 142 valence electrons. The van der Waals surface area contributed by atoms with Crippen LogP contribution in [0.5, 0.6) is 5.75 Å². The Kier molecular flexibility index (Phi) is 5.84. The van der Waals surface area contributed by atoms with Crippen molar-refractivity contribution in [2.75, 3.05) is 0 Å². The number of hydrogen-bond donors (Lipinski definition) is 1. The number of carbonyl (C=O) groups excluding carboxylic acids is 1.